The lowest BCUT2D eigenvalue weighted by Gasteiger charge is -2.01. The highest BCUT2D eigenvalue weighted by Crippen LogP contribution is 2.13. The molecule has 0 bridgehead atoms. The van der Waals surface area contributed by atoms with Crippen LogP contribution in [0.25, 0.3) is 0 Å². The predicted molar refractivity (Wildman–Crippen MR) is 47.7 cm³/mol. The molecular formula is C7H7BrN2O3. The molecule has 13 heavy (non-hydrogen) atoms. The van der Waals surface area contributed by atoms with Gasteiger partial charge in [-0.1, -0.05) is 0 Å². The molecule has 0 aliphatic rings. The van der Waals surface area contributed by atoms with Crippen LogP contribution in [0.5, 0.6) is 0 Å². The summed E-state index contributed by atoms with van der Waals surface area (Å²) in [5.41, 5.74) is 4.68. The van der Waals surface area contributed by atoms with Gasteiger partial charge in [0.1, 0.15) is 6.26 Å². The number of rotatable bonds is 1. The van der Waals surface area contributed by atoms with Crippen molar-refractivity contribution in [3.8, 4) is 0 Å². The number of carbonyl (C=O) groups is 2. The molecule has 0 unspecified atom stereocenters. The zero-order valence-corrected chi connectivity index (χ0v) is 8.34. The fourth-order valence-electron chi connectivity index (χ4n) is 0.646. The minimum atomic E-state index is -0.426. The van der Waals surface area contributed by atoms with Gasteiger partial charge < -0.3 is 4.42 Å². The van der Waals surface area contributed by atoms with Crippen molar-refractivity contribution in [3.63, 3.8) is 0 Å². The fourth-order valence-corrected chi connectivity index (χ4v) is 0.986. The van der Waals surface area contributed by atoms with Crippen LogP contribution in [-0.4, -0.2) is 11.8 Å². The van der Waals surface area contributed by atoms with Gasteiger partial charge in [0, 0.05) is 13.0 Å². The number of nitrogens with one attached hydrogen (secondary N) is 2. The first-order valence-electron chi connectivity index (χ1n) is 3.40. The van der Waals surface area contributed by atoms with Gasteiger partial charge in [0.05, 0.1) is 5.56 Å². The molecule has 6 heteroatoms. The molecule has 1 aromatic heterocycles. The Balaban J connectivity index is 2.54. The Labute approximate surface area is 82.6 Å². The Hall–Kier alpha value is -1.30. The first kappa shape index (κ1) is 9.79. The monoisotopic (exact) mass is 246 g/mol. The summed E-state index contributed by atoms with van der Waals surface area (Å²) in [5.74, 6) is -0.763. The van der Waals surface area contributed by atoms with Gasteiger partial charge in [0.15, 0.2) is 4.67 Å². The highest BCUT2D eigenvalue weighted by atomic mass is 79.9. The van der Waals surface area contributed by atoms with Crippen molar-refractivity contribution >= 4 is 27.7 Å². The number of hydrazine groups is 1. The van der Waals surface area contributed by atoms with Gasteiger partial charge >= 0.3 is 0 Å². The Morgan fingerprint density at radius 2 is 2.15 bits per heavy atom. The molecule has 0 radical (unpaired) electrons. The van der Waals surface area contributed by atoms with E-state index < -0.39 is 5.91 Å². The van der Waals surface area contributed by atoms with Gasteiger partial charge in [-0.25, -0.2) is 0 Å². The number of furan rings is 1. The largest absolute Gasteiger partial charge is 0.457 e. The van der Waals surface area contributed by atoms with E-state index in [1.165, 1.54) is 19.3 Å². The van der Waals surface area contributed by atoms with Crippen molar-refractivity contribution in [1.29, 1.82) is 0 Å². The topological polar surface area (TPSA) is 71.3 Å². The van der Waals surface area contributed by atoms with Gasteiger partial charge in [-0.3, -0.25) is 20.4 Å². The SMILES string of the molecule is CC(=O)NNC(=O)c1coc(Br)c1. The van der Waals surface area contributed by atoms with Gasteiger partial charge in [-0.2, -0.15) is 0 Å². The third kappa shape index (κ3) is 2.90. The maximum atomic E-state index is 11.2. The molecule has 0 spiro atoms. The first-order chi connectivity index (χ1) is 6.09. The maximum Gasteiger partial charge on any atom is 0.272 e. The van der Waals surface area contributed by atoms with Gasteiger partial charge in [0.25, 0.3) is 5.91 Å². The molecule has 0 aromatic carbocycles. The van der Waals surface area contributed by atoms with Gasteiger partial charge in [0.2, 0.25) is 5.91 Å². The van der Waals surface area contributed by atoms with Crippen LogP contribution in [0.2, 0.25) is 0 Å². The molecule has 5 nitrogen and oxygen atoms in total. The average Bonchev–Trinajstić information content (AvgIpc) is 2.47. The van der Waals surface area contributed by atoms with E-state index in [0.717, 1.165) is 0 Å². The summed E-state index contributed by atoms with van der Waals surface area (Å²) in [4.78, 5) is 21.6. The maximum absolute atomic E-state index is 11.2. The van der Waals surface area contributed by atoms with E-state index >= 15 is 0 Å². The van der Waals surface area contributed by atoms with Crippen molar-refractivity contribution in [2.75, 3.05) is 0 Å². The smallest absolute Gasteiger partial charge is 0.272 e. The normalized spacial score (nSPS) is 9.38. The fraction of sp³-hybridized carbons (Fsp3) is 0.143. The first-order valence-corrected chi connectivity index (χ1v) is 4.20. The Bertz CT molecular complexity index is 334. The highest BCUT2D eigenvalue weighted by Gasteiger charge is 2.08. The molecule has 2 N–H and O–H groups in total. The van der Waals surface area contributed by atoms with Crippen LogP contribution in [0.3, 0.4) is 0 Å². The van der Waals surface area contributed by atoms with Crippen molar-refractivity contribution in [1.82, 2.24) is 10.9 Å². The summed E-state index contributed by atoms with van der Waals surface area (Å²) in [7, 11) is 0. The molecule has 0 aliphatic heterocycles. The zero-order chi connectivity index (χ0) is 9.84. The van der Waals surface area contributed by atoms with E-state index in [1.54, 1.807) is 0 Å². The number of hydrogen-bond acceptors (Lipinski definition) is 3. The number of carbonyl (C=O) groups excluding carboxylic acids is 2. The predicted octanol–water partition coefficient (Wildman–Crippen LogP) is 0.823. The molecule has 0 saturated heterocycles. The molecule has 0 saturated carbocycles. The lowest BCUT2D eigenvalue weighted by atomic mass is 10.3. The van der Waals surface area contributed by atoms with Crippen molar-refractivity contribution < 1.29 is 14.0 Å². The van der Waals surface area contributed by atoms with E-state index in [2.05, 4.69) is 26.8 Å². The van der Waals surface area contributed by atoms with Crippen molar-refractivity contribution in [2.45, 2.75) is 6.92 Å². The number of hydrogen-bond donors (Lipinski definition) is 2. The molecule has 1 aromatic rings. The minimum Gasteiger partial charge on any atom is -0.457 e. The molecular weight excluding hydrogens is 240 g/mol. The Morgan fingerprint density at radius 3 is 2.62 bits per heavy atom. The van der Waals surface area contributed by atoms with E-state index in [0.29, 0.717) is 10.2 Å². The zero-order valence-electron chi connectivity index (χ0n) is 6.76. The quantitative estimate of drug-likeness (QED) is 0.722. The minimum absolute atomic E-state index is 0.334. The summed E-state index contributed by atoms with van der Waals surface area (Å²) in [6.45, 7) is 1.30. The number of halogens is 1. The summed E-state index contributed by atoms with van der Waals surface area (Å²) in [6, 6.07) is 1.50. The van der Waals surface area contributed by atoms with Crippen LogP contribution in [0.15, 0.2) is 21.4 Å². The molecule has 0 fully saturated rings. The van der Waals surface area contributed by atoms with Crippen LogP contribution >= 0.6 is 15.9 Å². The molecule has 2 amide bonds. The summed E-state index contributed by atoms with van der Waals surface area (Å²) in [6.07, 6.45) is 1.28. The second-order valence-electron chi connectivity index (χ2n) is 2.27. The lowest BCUT2D eigenvalue weighted by Crippen LogP contribution is -2.40. The van der Waals surface area contributed by atoms with Crippen LogP contribution in [0.1, 0.15) is 17.3 Å². The van der Waals surface area contributed by atoms with Crippen molar-refractivity contribution in [3.05, 3.63) is 22.6 Å². The van der Waals surface area contributed by atoms with E-state index in [-0.39, 0.29) is 5.91 Å². The van der Waals surface area contributed by atoms with Gasteiger partial charge in [-0.15, -0.1) is 0 Å². The standard InChI is InChI=1S/C7H7BrN2O3/c1-4(11)9-10-7(12)5-2-6(8)13-3-5/h2-3H,1H3,(H,9,11)(H,10,12). The number of amides is 2. The Morgan fingerprint density at radius 1 is 1.46 bits per heavy atom. The van der Waals surface area contributed by atoms with E-state index in [1.807, 2.05) is 0 Å². The third-order valence-electron chi connectivity index (χ3n) is 1.18. The summed E-state index contributed by atoms with van der Waals surface area (Å²) >= 11 is 3.05. The lowest BCUT2D eigenvalue weighted by molar-refractivity contribution is -0.119. The average molecular weight is 247 g/mol. The molecule has 1 rings (SSSR count). The van der Waals surface area contributed by atoms with Gasteiger partial charge in [-0.05, 0) is 15.9 Å². The van der Waals surface area contributed by atoms with Crippen LogP contribution in [-0.2, 0) is 4.79 Å². The molecule has 0 atom stereocenters. The molecule has 70 valence electrons. The third-order valence-corrected chi connectivity index (χ3v) is 1.60. The van der Waals surface area contributed by atoms with Crippen LogP contribution in [0.4, 0.5) is 0 Å². The second kappa shape index (κ2) is 4.08. The van der Waals surface area contributed by atoms with Crippen LogP contribution in [0, 0.1) is 0 Å². The van der Waals surface area contributed by atoms with Crippen LogP contribution < -0.4 is 10.9 Å². The summed E-state index contributed by atoms with van der Waals surface area (Å²) in [5, 5.41) is 0. The van der Waals surface area contributed by atoms with Crippen molar-refractivity contribution in [2.24, 2.45) is 0 Å². The highest BCUT2D eigenvalue weighted by molar-refractivity contribution is 9.10. The van der Waals surface area contributed by atoms with E-state index in [9.17, 15) is 9.59 Å². The van der Waals surface area contributed by atoms with E-state index in [4.69, 9.17) is 4.42 Å². The Kier molecular flexibility index (Phi) is 3.07. The summed E-state index contributed by atoms with van der Waals surface area (Å²) < 4.78 is 5.29. The molecule has 1 heterocycles. The molecule has 0 aliphatic carbocycles. The second-order valence-corrected chi connectivity index (χ2v) is 3.06.